The Morgan fingerprint density at radius 3 is 2.05 bits per heavy atom. The van der Waals surface area contributed by atoms with Crippen molar-refractivity contribution in [2.24, 2.45) is 0 Å². The molecule has 0 aromatic heterocycles. The molecule has 2 rings (SSSR count). The fourth-order valence-corrected chi connectivity index (χ4v) is 2.52. The minimum Gasteiger partial charge on any atom is -0.506 e. The number of phenols is 1. The molecular weight excluding hydrogens is 330 g/mol. The lowest BCUT2D eigenvalue weighted by molar-refractivity contribution is 0.215. The maximum Gasteiger partial charge on any atom is 0.141 e. The molecule has 0 aliphatic rings. The second-order valence-electron chi connectivity index (χ2n) is 3.87. The summed E-state index contributed by atoms with van der Waals surface area (Å²) in [5, 5.41) is 21.0. The van der Waals surface area contributed by atoms with Crippen molar-refractivity contribution in [3.8, 4) is 5.75 Å². The molecule has 0 amide bonds. The molecule has 2 aromatic carbocycles. The number of benzene rings is 2. The fourth-order valence-electron chi connectivity index (χ4n) is 1.67. The molecule has 100 valence electrons. The van der Waals surface area contributed by atoms with Crippen LogP contribution in [0.3, 0.4) is 0 Å². The Kier molecular flexibility index (Phi) is 4.49. The second kappa shape index (κ2) is 5.78. The van der Waals surface area contributed by atoms with Crippen LogP contribution in [0.1, 0.15) is 17.2 Å². The summed E-state index contributed by atoms with van der Waals surface area (Å²) in [5.41, 5.74) is 0.585. The number of aliphatic hydroxyl groups is 1. The Hall–Kier alpha value is -0.640. The van der Waals surface area contributed by atoms with Gasteiger partial charge in [-0.15, -0.1) is 0 Å². The van der Waals surface area contributed by atoms with Crippen LogP contribution < -0.4 is 0 Å². The summed E-state index contributed by atoms with van der Waals surface area (Å²) in [5.74, 6) is -0.293. The lowest BCUT2D eigenvalue weighted by Crippen LogP contribution is -2.01. The van der Waals surface area contributed by atoms with Gasteiger partial charge in [0.25, 0.3) is 0 Å². The van der Waals surface area contributed by atoms with Gasteiger partial charge in [0, 0.05) is 10.6 Å². The van der Waals surface area contributed by atoms with Gasteiger partial charge in [0.05, 0.1) is 15.1 Å². The van der Waals surface area contributed by atoms with Crippen molar-refractivity contribution >= 4 is 46.4 Å². The van der Waals surface area contributed by atoms with Crippen molar-refractivity contribution in [1.29, 1.82) is 0 Å². The molecule has 0 aliphatic carbocycles. The normalized spacial score (nSPS) is 12.5. The molecule has 0 saturated heterocycles. The lowest BCUT2D eigenvalue weighted by Gasteiger charge is -2.16. The number of halogens is 4. The van der Waals surface area contributed by atoms with Crippen molar-refractivity contribution in [2.75, 3.05) is 0 Å². The lowest BCUT2D eigenvalue weighted by atomic mass is 10.0. The van der Waals surface area contributed by atoms with Crippen LogP contribution in [0, 0.1) is 0 Å². The molecule has 0 aliphatic heterocycles. The minimum atomic E-state index is -1.15. The first kappa shape index (κ1) is 14.8. The topological polar surface area (TPSA) is 40.5 Å². The average Bonchev–Trinajstić information content (AvgIpc) is 2.37. The molecule has 1 unspecified atom stereocenters. The molecule has 2 N–H and O–H groups in total. The van der Waals surface area contributed by atoms with E-state index in [1.165, 1.54) is 6.07 Å². The predicted molar refractivity (Wildman–Crippen MR) is 78.7 cm³/mol. The number of hydrogen-bond acceptors (Lipinski definition) is 2. The van der Waals surface area contributed by atoms with Gasteiger partial charge in [-0.2, -0.15) is 0 Å². The Morgan fingerprint density at radius 1 is 0.895 bits per heavy atom. The molecular formula is C13H8Cl4O2. The Balaban J connectivity index is 2.55. The molecule has 0 spiro atoms. The van der Waals surface area contributed by atoms with E-state index in [2.05, 4.69) is 0 Å². The van der Waals surface area contributed by atoms with Crippen molar-refractivity contribution in [3.63, 3.8) is 0 Å². The van der Waals surface area contributed by atoms with Gasteiger partial charge in [-0.05, 0) is 23.8 Å². The first-order chi connectivity index (χ1) is 8.91. The Labute approximate surface area is 130 Å². The van der Waals surface area contributed by atoms with E-state index in [1.54, 1.807) is 24.3 Å². The van der Waals surface area contributed by atoms with Crippen LogP contribution in [0.25, 0.3) is 0 Å². The number of phenolic OH excluding ortho intramolecular Hbond substituents is 1. The first-order valence-corrected chi connectivity index (χ1v) is 6.73. The molecule has 1 atom stereocenters. The summed E-state index contributed by atoms with van der Waals surface area (Å²) in [6.07, 6.45) is -1.15. The van der Waals surface area contributed by atoms with Crippen LogP contribution in [0.2, 0.25) is 20.1 Å². The summed E-state index contributed by atoms with van der Waals surface area (Å²) in [4.78, 5) is 0. The smallest absolute Gasteiger partial charge is 0.141 e. The highest BCUT2D eigenvalue weighted by Crippen LogP contribution is 2.43. The van der Waals surface area contributed by atoms with E-state index < -0.39 is 6.10 Å². The van der Waals surface area contributed by atoms with E-state index in [0.717, 1.165) is 0 Å². The van der Waals surface area contributed by atoms with Gasteiger partial charge in [0.2, 0.25) is 0 Å². The van der Waals surface area contributed by atoms with Crippen LogP contribution in [-0.4, -0.2) is 10.2 Å². The zero-order chi connectivity index (χ0) is 14.2. The molecule has 0 radical (unpaired) electrons. The predicted octanol–water partition coefficient (Wildman–Crippen LogP) is 5.09. The minimum absolute atomic E-state index is 0.0254. The van der Waals surface area contributed by atoms with Gasteiger partial charge in [0.1, 0.15) is 11.9 Å². The zero-order valence-electron chi connectivity index (χ0n) is 9.37. The van der Waals surface area contributed by atoms with Crippen LogP contribution in [0.4, 0.5) is 0 Å². The van der Waals surface area contributed by atoms with E-state index in [0.29, 0.717) is 10.6 Å². The van der Waals surface area contributed by atoms with Gasteiger partial charge in [-0.1, -0.05) is 58.5 Å². The standard InChI is InChI=1S/C13H8Cl4O2/c14-7-3-1-6(2-4-7)12(18)10-11(17)8(15)5-9(16)13(10)19/h1-5,12,18-19H. The molecule has 0 saturated carbocycles. The third kappa shape index (κ3) is 2.93. The third-order valence-electron chi connectivity index (χ3n) is 2.64. The van der Waals surface area contributed by atoms with E-state index in [4.69, 9.17) is 46.4 Å². The SMILES string of the molecule is Oc1c(Cl)cc(Cl)c(Cl)c1C(O)c1ccc(Cl)cc1. The Bertz CT molecular complexity index is 585. The van der Waals surface area contributed by atoms with E-state index in [1.807, 2.05) is 0 Å². The first-order valence-electron chi connectivity index (χ1n) is 5.21. The highest BCUT2D eigenvalue weighted by atomic mass is 35.5. The van der Waals surface area contributed by atoms with Gasteiger partial charge >= 0.3 is 0 Å². The quantitative estimate of drug-likeness (QED) is 0.749. The molecule has 6 heteroatoms. The van der Waals surface area contributed by atoms with Gasteiger partial charge in [-0.3, -0.25) is 0 Å². The van der Waals surface area contributed by atoms with Crippen LogP contribution in [0.5, 0.6) is 5.75 Å². The largest absolute Gasteiger partial charge is 0.506 e. The van der Waals surface area contributed by atoms with Gasteiger partial charge in [0.15, 0.2) is 0 Å². The van der Waals surface area contributed by atoms with Crippen molar-refractivity contribution in [3.05, 3.63) is 61.5 Å². The Morgan fingerprint density at radius 2 is 1.47 bits per heavy atom. The van der Waals surface area contributed by atoms with E-state index >= 15 is 0 Å². The van der Waals surface area contributed by atoms with Crippen molar-refractivity contribution in [2.45, 2.75) is 6.10 Å². The number of aromatic hydroxyl groups is 1. The number of rotatable bonds is 2. The summed E-state index contributed by atoms with van der Waals surface area (Å²) in [7, 11) is 0. The third-order valence-corrected chi connectivity index (χ3v) is 3.98. The number of aliphatic hydroxyl groups excluding tert-OH is 1. The van der Waals surface area contributed by atoms with Crippen LogP contribution >= 0.6 is 46.4 Å². The average molecular weight is 338 g/mol. The summed E-state index contributed by atoms with van der Waals surface area (Å²) in [6.45, 7) is 0. The summed E-state index contributed by atoms with van der Waals surface area (Å²) < 4.78 is 0. The molecule has 0 bridgehead atoms. The molecule has 0 fully saturated rings. The van der Waals surface area contributed by atoms with Crippen LogP contribution in [-0.2, 0) is 0 Å². The van der Waals surface area contributed by atoms with E-state index in [-0.39, 0.29) is 26.4 Å². The van der Waals surface area contributed by atoms with Gasteiger partial charge < -0.3 is 10.2 Å². The van der Waals surface area contributed by atoms with Crippen LogP contribution in [0.15, 0.2) is 30.3 Å². The molecule has 2 nitrogen and oxygen atoms in total. The summed E-state index contributed by atoms with van der Waals surface area (Å²) in [6, 6.07) is 7.81. The fraction of sp³-hybridized carbons (Fsp3) is 0.0769. The maximum absolute atomic E-state index is 10.3. The zero-order valence-corrected chi connectivity index (χ0v) is 12.4. The number of hydrogen-bond donors (Lipinski definition) is 2. The maximum atomic E-state index is 10.3. The van der Waals surface area contributed by atoms with Crippen molar-refractivity contribution in [1.82, 2.24) is 0 Å². The molecule has 0 heterocycles. The monoisotopic (exact) mass is 336 g/mol. The molecule has 2 aromatic rings. The highest BCUT2D eigenvalue weighted by molar-refractivity contribution is 6.44. The highest BCUT2D eigenvalue weighted by Gasteiger charge is 2.22. The van der Waals surface area contributed by atoms with Crippen molar-refractivity contribution < 1.29 is 10.2 Å². The summed E-state index contributed by atoms with van der Waals surface area (Å²) >= 11 is 23.5. The molecule has 19 heavy (non-hydrogen) atoms. The van der Waals surface area contributed by atoms with E-state index in [9.17, 15) is 10.2 Å². The second-order valence-corrected chi connectivity index (χ2v) is 5.50. The van der Waals surface area contributed by atoms with Gasteiger partial charge in [-0.25, -0.2) is 0 Å².